The van der Waals surface area contributed by atoms with Crippen LogP contribution >= 0.6 is 11.6 Å². The van der Waals surface area contributed by atoms with Gasteiger partial charge < -0.3 is 10.6 Å². The number of carbonyl (C=O) groups is 1. The predicted octanol–water partition coefficient (Wildman–Crippen LogP) is 2.48. The molecule has 100 valence electrons. The lowest BCUT2D eigenvalue weighted by molar-refractivity contribution is -0.122. The summed E-state index contributed by atoms with van der Waals surface area (Å²) in [6, 6.07) is 4.01. The number of nitrogens with one attached hydrogen (secondary N) is 2. The molecule has 1 atom stereocenters. The zero-order valence-electron chi connectivity index (χ0n) is 10.6. The number of halogens is 2. The summed E-state index contributed by atoms with van der Waals surface area (Å²) in [7, 11) is 0. The van der Waals surface area contributed by atoms with Crippen LogP contribution in [0.5, 0.6) is 0 Å². The minimum Gasteiger partial charge on any atom is -0.355 e. The zero-order valence-corrected chi connectivity index (χ0v) is 11.4. The van der Waals surface area contributed by atoms with Crippen molar-refractivity contribution in [1.29, 1.82) is 0 Å². The van der Waals surface area contributed by atoms with Gasteiger partial charge in [0, 0.05) is 23.7 Å². The van der Waals surface area contributed by atoms with Gasteiger partial charge in [0.25, 0.3) is 0 Å². The summed E-state index contributed by atoms with van der Waals surface area (Å²) < 4.78 is 13.4. The smallest absolute Gasteiger partial charge is 0.236 e. The summed E-state index contributed by atoms with van der Waals surface area (Å²) in [6.07, 6.45) is 0.890. The van der Waals surface area contributed by atoms with Gasteiger partial charge in [-0.2, -0.15) is 0 Å². The van der Waals surface area contributed by atoms with Gasteiger partial charge in [0.05, 0.1) is 6.04 Å². The SMILES string of the molecule is CCCNC(=O)C(C)NCc1cc(Cl)ccc1F. The fourth-order valence-electron chi connectivity index (χ4n) is 1.44. The van der Waals surface area contributed by atoms with Crippen LogP contribution in [0, 0.1) is 5.82 Å². The maximum Gasteiger partial charge on any atom is 0.236 e. The largest absolute Gasteiger partial charge is 0.355 e. The minimum atomic E-state index is -0.366. The topological polar surface area (TPSA) is 41.1 Å². The first-order chi connectivity index (χ1) is 8.54. The maximum atomic E-state index is 13.4. The molecule has 0 spiro atoms. The highest BCUT2D eigenvalue weighted by molar-refractivity contribution is 6.30. The first-order valence-electron chi connectivity index (χ1n) is 5.99. The molecule has 1 aromatic carbocycles. The van der Waals surface area contributed by atoms with E-state index < -0.39 is 0 Å². The number of hydrogen-bond donors (Lipinski definition) is 2. The normalized spacial score (nSPS) is 12.2. The lowest BCUT2D eigenvalue weighted by Gasteiger charge is -2.14. The Labute approximate surface area is 112 Å². The standard InChI is InChI=1S/C13H18ClFN2O/c1-3-6-16-13(18)9(2)17-8-10-7-11(14)4-5-12(10)15/h4-5,7,9,17H,3,6,8H2,1-2H3,(H,16,18). The third-order valence-electron chi connectivity index (χ3n) is 2.55. The van der Waals surface area contributed by atoms with Gasteiger partial charge in [-0.15, -0.1) is 0 Å². The maximum absolute atomic E-state index is 13.4. The van der Waals surface area contributed by atoms with Gasteiger partial charge in [-0.25, -0.2) is 4.39 Å². The second-order valence-electron chi connectivity index (χ2n) is 4.13. The molecule has 18 heavy (non-hydrogen) atoms. The summed E-state index contributed by atoms with van der Waals surface area (Å²) >= 11 is 5.79. The summed E-state index contributed by atoms with van der Waals surface area (Å²) in [5.74, 6) is -0.410. The molecule has 0 saturated heterocycles. The lowest BCUT2D eigenvalue weighted by atomic mass is 10.2. The molecule has 1 amide bonds. The van der Waals surface area contributed by atoms with E-state index in [2.05, 4.69) is 10.6 Å². The van der Waals surface area contributed by atoms with Crippen LogP contribution in [-0.2, 0) is 11.3 Å². The molecule has 2 N–H and O–H groups in total. The zero-order chi connectivity index (χ0) is 13.5. The summed E-state index contributed by atoms with van der Waals surface area (Å²) in [6.45, 7) is 4.65. The molecule has 0 aromatic heterocycles. The van der Waals surface area contributed by atoms with Crippen LogP contribution in [0.25, 0.3) is 0 Å². The number of carbonyl (C=O) groups excluding carboxylic acids is 1. The van der Waals surface area contributed by atoms with Gasteiger partial charge in [-0.05, 0) is 31.5 Å². The Balaban J connectivity index is 2.49. The molecule has 0 aliphatic carbocycles. The minimum absolute atomic E-state index is 0.0840. The summed E-state index contributed by atoms with van der Waals surface area (Å²) in [4.78, 5) is 11.6. The van der Waals surface area contributed by atoms with E-state index in [-0.39, 0.29) is 24.3 Å². The molecule has 1 unspecified atom stereocenters. The molecule has 5 heteroatoms. The molecular weight excluding hydrogens is 255 g/mol. The van der Waals surface area contributed by atoms with Gasteiger partial charge in [-0.3, -0.25) is 4.79 Å². The van der Waals surface area contributed by atoms with Crippen LogP contribution in [0.1, 0.15) is 25.8 Å². The van der Waals surface area contributed by atoms with Gasteiger partial charge in [0.15, 0.2) is 0 Å². The van der Waals surface area contributed by atoms with Crippen molar-refractivity contribution < 1.29 is 9.18 Å². The third kappa shape index (κ3) is 4.63. The summed E-state index contributed by atoms with van der Waals surface area (Å²) in [5.41, 5.74) is 0.456. The molecule has 0 radical (unpaired) electrons. The Morgan fingerprint density at radius 1 is 1.50 bits per heavy atom. The highest BCUT2D eigenvalue weighted by atomic mass is 35.5. The van der Waals surface area contributed by atoms with Crippen molar-refractivity contribution in [2.24, 2.45) is 0 Å². The van der Waals surface area contributed by atoms with Gasteiger partial charge in [-0.1, -0.05) is 18.5 Å². The van der Waals surface area contributed by atoms with Crippen LogP contribution in [-0.4, -0.2) is 18.5 Å². The Morgan fingerprint density at radius 2 is 2.22 bits per heavy atom. The first-order valence-corrected chi connectivity index (χ1v) is 6.37. The van der Waals surface area contributed by atoms with E-state index in [1.54, 1.807) is 13.0 Å². The van der Waals surface area contributed by atoms with Crippen LogP contribution in [0.3, 0.4) is 0 Å². The quantitative estimate of drug-likeness (QED) is 0.835. The molecule has 0 saturated carbocycles. The van der Waals surface area contributed by atoms with Crippen LogP contribution in [0.15, 0.2) is 18.2 Å². The van der Waals surface area contributed by atoms with E-state index in [1.165, 1.54) is 12.1 Å². The predicted molar refractivity (Wildman–Crippen MR) is 71.0 cm³/mol. The van der Waals surface area contributed by atoms with Crippen LogP contribution in [0.4, 0.5) is 4.39 Å². The lowest BCUT2D eigenvalue weighted by Crippen LogP contribution is -2.42. The third-order valence-corrected chi connectivity index (χ3v) is 2.78. The van der Waals surface area contributed by atoms with Crippen molar-refractivity contribution in [1.82, 2.24) is 10.6 Å². The fourth-order valence-corrected chi connectivity index (χ4v) is 1.63. The van der Waals surface area contributed by atoms with Gasteiger partial charge in [0.1, 0.15) is 5.82 Å². The number of rotatable bonds is 6. The van der Waals surface area contributed by atoms with E-state index >= 15 is 0 Å². The molecule has 0 fully saturated rings. The Hall–Kier alpha value is -1.13. The van der Waals surface area contributed by atoms with Crippen molar-refractivity contribution in [2.45, 2.75) is 32.9 Å². The highest BCUT2D eigenvalue weighted by Gasteiger charge is 2.12. The number of amides is 1. The van der Waals surface area contributed by atoms with Crippen molar-refractivity contribution in [3.05, 3.63) is 34.6 Å². The van der Waals surface area contributed by atoms with E-state index in [9.17, 15) is 9.18 Å². The monoisotopic (exact) mass is 272 g/mol. The summed E-state index contributed by atoms with van der Waals surface area (Å²) in [5, 5.41) is 6.22. The average Bonchev–Trinajstić information content (AvgIpc) is 2.36. The first kappa shape index (κ1) is 14.9. The fraction of sp³-hybridized carbons (Fsp3) is 0.462. The van der Waals surface area contributed by atoms with Crippen molar-refractivity contribution >= 4 is 17.5 Å². The molecule has 1 aromatic rings. The van der Waals surface area contributed by atoms with Crippen molar-refractivity contribution in [3.8, 4) is 0 Å². The van der Waals surface area contributed by atoms with Crippen LogP contribution in [0.2, 0.25) is 5.02 Å². The van der Waals surface area contributed by atoms with E-state index in [0.717, 1.165) is 6.42 Å². The molecule has 1 rings (SSSR count). The van der Waals surface area contributed by atoms with E-state index in [0.29, 0.717) is 17.1 Å². The molecule has 0 aliphatic rings. The second-order valence-corrected chi connectivity index (χ2v) is 4.57. The Morgan fingerprint density at radius 3 is 2.89 bits per heavy atom. The molecule has 0 bridgehead atoms. The average molecular weight is 273 g/mol. The van der Waals surface area contributed by atoms with Crippen molar-refractivity contribution in [3.63, 3.8) is 0 Å². The second kappa shape index (κ2) is 7.34. The molecule has 0 aliphatic heterocycles. The highest BCUT2D eigenvalue weighted by Crippen LogP contribution is 2.14. The van der Waals surface area contributed by atoms with Gasteiger partial charge in [0.2, 0.25) is 5.91 Å². The number of hydrogen-bond acceptors (Lipinski definition) is 2. The van der Waals surface area contributed by atoms with E-state index in [4.69, 9.17) is 11.6 Å². The van der Waals surface area contributed by atoms with Gasteiger partial charge >= 0.3 is 0 Å². The van der Waals surface area contributed by atoms with E-state index in [1.807, 2.05) is 6.92 Å². The Kier molecular flexibility index (Phi) is 6.09. The van der Waals surface area contributed by atoms with Crippen molar-refractivity contribution in [2.75, 3.05) is 6.54 Å². The Bertz CT molecular complexity index is 412. The van der Waals surface area contributed by atoms with Crippen LogP contribution < -0.4 is 10.6 Å². The molecule has 3 nitrogen and oxygen atoms in total. The molecular formula is C13H18ClFN2O. The number of benzene rings is 1. The molecule has 0 heterocycles.